The van der Waals surface area contributed by atoms with Crippen LogP contribution in [0.5, 0.6) is 5.75 Å². The molecule has 0 aromatic carbocycles. The first kappa shape index (κ1) is 15.0. The van der Waals surface area contributed by atoms with Crippen LogP contribution in [0.1, 0.15) is 12.8 Å². The maximum Gasteiger partial charge on any atom is 0.224 e. The maximum atomic E-state index is 11.8. The zero-order chi connectivity index (χ0) is 16.7. The molecule has 1 atom stereocenters. The third kappa shape index (κ3) is 2.94. The van der Waals surface area contributed by atoms with Crippen molar-refractivity contribution >= 4 is 28.7 Å². The van der Waals surface area contributed by atoms with E-state index < -0.39 is 0 Å². The van der Waals surface area contributed by atoms with Crippen molar-refractivity contribution < 1.29 is 9.53 Å². The molecule has 2 aromatic heterocycles. The molecule has 1 aliphatic heterocycles. The number of dihydropyridines is 1. The van der Waals surface area contributed by atoms with Crippen LogP contribution in [-0.2, 0) is 11.8 Å². The zero-order valence-corrected chi connectivity index (χ0v) is 13.7. The number of carbonyl (C=O) groups is 1. The first-order valence-corrected chi connectivity index (χ1v) is 8.08. The summed E-state index contributed by atoms with van der Waals surface area (Å²) in [4.78, 5) is 20.2. The van der Waals surface area contributed by atoms with Gasteiger partial charge in [-0.3, -0.25) is 4.79 Å². The van der Waals surface area contributed by atoms with E-state index >= 15 is 0 Å². The van der Waals surface area contributed by atoms with Gasteiger partial charge in [0.15, 0.2) is 5.65 Å². The predicted molar refractivity (Wildman–Crippen MR) is 89.2 cm³/mol. The Morgan fingerprint density at radius 1 is 1.50 bits per heavy atom. The molecule has 24 heavy (non-hydrogen) atoms. The molecular weight excluding hydrogens is 330 g/mol. The number of nitrogens with zero attached hydrogens (tertiary/aromatic N) is 3. The van der Waals surface area contributed by atoms with E-state index in [0.29, 0.717) is 22.4 Å². The van der Waals surface area contributed by atoms with Crippen LogP contribution in [0.15, 0.2) is 36.4 Å². The third-order valence-corrected chi connectivity index (χ3v) is 4.33. The molecule has 7 nitrogen and oxygen atoms in total. The van der Waals surface area contributed by atoms with Crippen molar-refractivity contribution in [3.8, 4) is 5.75 Å². The Morgan fingerprint density at radius 3 is 3.12 bits per heavy atom. The lowest BCUT2D eigenvalue weighted by atomic mass is 10.3. The Balaban J connectivity index is 1.51. The molecule has 2 aliphatic rings. The van der Waals surface area contributed by atoms with Crippen LogP contribution in [0, 0.1) is 5.92 Å². The number of hydrogen-bond donors (Lipinski definition) is 2. The molecule has 0 saturated heterocycles. The molecule has 4 rings (SSSR count). The molecule has 8 heteroatoms. The fourth-order valence-electron chi connectivity index (χ4n) is 2.48. The molecular formula is C16H16ClN5O2. The number of fused-ring (bicyclic) bond motifs is 1. The second-order valence-electron chi connectivity index (χ2n) is 5.89. The second-order valence-corrected chi connectivity index (χ2v) is 6.22. The van der Waals surface area contributed by atoms with Gasteiger partial charge in [-0.05, 0) is 30.5 Å². The lowest BCUT2D eigenvalue weighted by Gasteiger charge is -2.20. The van der Waals surface area contributed by atoms with Crippen molar-refractivity contribution in [3.05, 3.63) is 41.7 Å². The normalized spacial score (nSPS) is 19.8. The fraction of sp³-hybridized carbons (Fsp3) is 0.312. The van der Waals surface area contributed by atoms with Gasteiger partial charge in [-0.15, -0.1) is 0 Å². The van der Waals surface area contributed by atoms with Crippen LogP contribution in [0.3, 0.4) is 0 Å². The summed E-state index contributed by atoms with van der Waals surface area (Å²) in [5.41, 5.74) is 1.36. The maximum absolute atomic E-state index is 11.8. The number of nitrogens with one attached hydrogen (secondary N) is 2. The number of rotatable bonds is 4. The summed E-state index contributed by atoms with van der Waals surface area (Å²) in [5.74, 6) is 1.44. The van der Waals surface area contributed by atoms with Crippen LogP contribution in [0.25, 0.3) is 11.2 Å². The topological polar surface area (TPSA) is 81.1 Å². The van der Waals surface area contributed by atoms with Crippen molar-refractivity contribution in [2.24, 2.45) is 13.0 Å². The molecule has 0 bridgehead atoms. The average Bonchev–Trinajstić information content (AvgIpc) is 3.37. The lowest BCUT2D eigenvalue weighted by Crippen LogP contribution is -2.43. The molecule has 124 valence electrons. The monoisotopic (exact) mass is 345 g/mol. The highest BCUT2D eigenvalue weighted by Crippen LogP contribution is 2.29. The summed E-state index contributed by atoms with van der Waals surface area (Å²) in [5, 5.41) is 6.38. The van der Waals surface area contributed by atoms with Crippen molar-refractivity contribution in [3.63, 3.8) is 0 Å². The van der Waals surface area contributed by atoms with E-state index in [1.807, 2.05) is 19.2 Å². The largest absolute Gasteiger partial charge is 0.456 e. The quantitative estimate of drug-likeness (QED) is 0.884. The molecule has 2 aromatic rings. The number of aromatic nitrogens is 3. The van der Waals surface area contributed by atoms with Crippen LogP contribution in [-0.4, -0.2) is 26.6 Å². The highest BCUT2D eigenvalue weighted by atomic mass is 35.5. The van der Waals surface area contributed by atoms with Gasteiger partial charge in [0.25, 0.3) is 0 Å². The van der Waals surface area contributed by atoms with Gasteiger partial charge in [0.2, 0.25) is 11.2 Å². The van der Waals surface area contributed by atoms with E-state index in [2.05, 4.69) is 20.6 Å². The number of halogens is 1. The van der Waals surface area contributed by atoms with Gasteiger partial charge in [0.1, 0.15) is 17.7 Å². The van der Waals surface area contributed by atoms with Gasteiger partial charge in [-0.25, -0.2) is 4.98 Å². The Labute approximate surface area is 143 Å². The zero-order valence-electron chi connectivity index (χ0n) is 13.0. The van der Waals surface area contributed by atoms with Crippen LogP contribution in [0.2, 0.25) is 5.28 Å². The number of allylic oxidation sites excluding steroid dienone is 1. The van der Waals surface area contributed by atoms with Crippen molar-refractivity contribution in [1.82, 2.24) is 25.2 Å². The summed E-state index contributed by atoms with van der Waals surface area (Å²) in [6.45, 7) is 0. The Morgan fingerprint density at radius 2 is 2.33 bits per heavy atom. The van der Waals surface area contributed by atoms with E-state index in [-0.39, 0.29) is 18.0 Å². The van der Waals surface area contributed by atoms with Crippen LogP contribution >= 0.6 is 11.6 Å². The number of imidazole rings is 1. The summed E-state index contributed by atoms with van der Waals surface area (Å²) >= 11 is 5.99. The van der Waals surface area contributed by atoms with Gasteiger partial charge >= 0.3 is 0 Å². The smallest absolute Gasteiger partial charge is 0.224 e. The summed E-state index contributed by atoms with van der Waals surface area (Å²) in [7, 11) is 1.82. The standard InChI is InChI=1S/C16H16ClN5O2/c1-22-12-6-11(8-19-14(12)21-16(22)17)24-10-4-5-18-13(7-10)20-15(23)9-2-3-9/h4-9,13,18H,2-3H2,1H3,(H,20,23). The number of hydrogen-bond acceptors (Lipinski definition) is 5. The third-order valence-electron chi connectivity index (χ3n) is 3.99. The minimum absolute atomic E-state index is 0.0750. The van der Waals surface area contributed by atoms with Gasteiger partial charge in [0.05, 0.1) is 11.7 Å². The lowest BCUT2D eigenvalue weighted by molar-refractivity contribution is -0.122. The number of amides is 1. The molecule has 1 saturated carbocycles. The molecule has 0 spiro atoms. The highest BCUT2D eigenvalue weighted by molar-refractivity contribution is 6.29. The first-order valence-electron chi connectivity index (χ1n) is 7.71. The molecule has 3 heterocycles. The number of ether oxygens (including phenoxy) is 1. The van der Waals surface area contributed by atoms with Crippen molar-refractivity contribution in [2.75, 3.05) is 0 Å². The molecule has 0 radical (unpaired) electrons. The predicted octanol–water partition coefficient (Wildman–Crippen LogP) is 1.85. The highest BCUT2D eigenvalue weighted by Gasteiger charge is 2.30. The van der Waals surface area contributed by atoms with Crippen molar-refractivity contribution in [1.29, 1.82) is 0 Å². The molecule has 1 aliphatic carbocycles. The summed E-state index contributed by atoms with van der Waals surface area (Å²) < 4.78 is 7.59. The van der Waals surface area contributed by atoms with Crippen LogP contribution < -0.4 is 15.4 Å². The molecule has 1 fully saturated rings. The number of carbonyl (C=O) groups excluding carboxylic acids is 1. The van der Waals surface area contributed by atoms with E-state index in [1.54, 1.807) is 23.0 Å². The van der Waals surface area contributed by atoms with E-state index in [4.69, 9.17) is 16.3 Å². The molecule has 2 N–H and O–H groups in total. The summed E-state index contributed by atoms with van der Waals surface area (Å²) in [6, 6.07) is 1.83. The summed E-state index contributed by atoms with van der Waals surface area (Å²) in [6.07, 6.45) is 8.63. The van der Waals surface area contributed by atoms with Crippen LogP contribution in [0.4, 0.5) is 0 Å². The van der Waals surface area contributed by atoms with Gasteiger partial charge < -0.3 is 19.9 Å². The fourth-order valence-corrected chi connectivity index (χ4v) is 2.66. The minimum atomic E-state index is -0.277. The second kappa shape index (κ2) is 5.83. The Kier molecular flexibility index (Phi) is 3.65. The Hall–Kier alpha value is -2.54. The average molecular weight is 346 g/mol. The molecule has 1 unspecified atom stereocenters. The first-order chi connectivity index (χ1) is 11.6. The molecule has 1 amide bonds. The number of aryl methyl sites for hydroxylation is 1. The van der Waals surface area contributed by atoms with E-state index in [9.17, 15) is 4.79 Å². The van der Waals surface area contributed by atoms with E-state index in [0.717, 1.165) is 18.4 Å². The van der Waals surface area contributed by atoms with Crippen molar-refractivity contribution in [2.45, 2.75) is 19.0 Å². The van der Waals surface area contributed by atoms with Gasteiger partial charge in [0, 0.05) is 31.3 Å². The number of pyridine rings is 1. The van der Waals surface area contributed by atoms with E-state index in [1.165, 1.54) is 0 Å². The van der Waals surface area contributed by atoms with Gasteiger partial charge in [-0.2, -0.15) is 4.98 Å². The SMILES string of the molecule is Cn1c(Cl)nc2ncc(OC3=CC(NC(=O)C4CC4)NC=C3)cc21. The Bertz CT molecular complexity index is 869. The van der Waals surface area contributed by atoms with Gasteiger partial charge in [-0.1, -0.05) is 0 Å². The minimum Gasteiger partial charge on any atom is -0.456 e.